The van der Waals surface area contributed by atoms with Crippen molar-refractivity contribution in [2.45, 2.75) is 135 Å². The molecular weight excluding hydrogens is 573 g/mol. The quantitative estimate of drug-likeness (QED) is 0.0927. The summed E-state index contributed by atoms with van der Waals surface area (Å²) in [4.78, 5) is 0. The smallest absolute Gasteiger partial charge is 0.263 e. The maximum absolute atomic E-state index is 11.2. The molecule has 0 unspecified atom stereocenters. The highest BCUT2D eigenvalue weighted by molar-refractivity contribution is 6.99. The SMILES string of the molecule is C=C[C@H](C#CC#CC[C@@H](O)[C@@H](CCCCCCC)O[Si](C)(C)C(C)(C)C)O[Si](c1ccccc1)(c1ccccc1)C(C)(C)C. The largest absolute Gasteiger partial charge is 0.411 e. The second-order valence-corrected chi connectivity index (χ2v) is 23.4. The molecule has 0 spiro atoms. The second kappa shape index (κ2) is 17.3. The zero-order valence-corrected chi connectivity index (χ0v) is 31.0. The van der Waals surface area contributed by atoms with Crippen LogP contribution in [0.5, 0.6) is 0 Å². The fourth-order valence-corrected chi connectivity index (χ4v) is 11.2. The number of rotatable bonds is 15. The Bertz CT molecular complexity index is 1210. The molecule has 3 atom stereocenters. The fourth-order valence-electron chi connectivity index (χ4n) is 5.29. The minimum Gasteiger partial charge on any atom is -0.411 e. The van der Waals surface area contributed by atoms with Crippen molar-refractivity contribution in [2.24, 2.45) is 0 Å². The van der Waals surface area contributed by atoms with Gasteiger partial charge in [0.2, 0.25) is 0 Å². The predicted molar refractivity (Wildman–Crippen MR) is 194 cm³/mol. The molecule has 0 aliphatic carbocycles. The molecule has 1 N–H and O–H groups in total. The Hall–Kier alpha value is -2.39. The van der Waals surface area contributed by atoms with E-state index in [2.05, 4.69) is 140 Å². The molecular formula is C39H58O3Si2. The minimum atomic E-state index is -2.77. The molecule has 3 nitrogen and oxygen atoms in total. The summed E-state index contributed by atoms with van der Waals surface area (Å²) in [6.45, 7) is 24.3. The third-order valence-corrected chi connectivity index (χ3v) is 18.4. The van der Waals surface area contributed by atoms with Crippen molar-refractivity contribution in [3.05, 3.63) is 73.3 Å². The van der Waals surface area contributed by atoms with Crippen LogP contribution < -0.4 is 10.4 Å². The molecule has 0 radical (unpaired) electrons. The summed E-state index contributed by atoms with van der Waals surface area (Å²) in [5.41, 5.74) is 0. The first kappa shape index (κ1) is 37.8. The van der Waals surface area contributed by atoms with Gasteiger partial charge in [0, 0.05) is 6.42 Å². The van der Waals surface area contributed by atoms with Crippen molar-refractivity contribution < 1.29 is 14.0 Å². The van der Waals surface area contributed by atoms with Gasteiger partial charge in [-0.2, -0.15) is 0 Å². The van der Waals surface area contributed by atoms with Crippen molar-refractivity contribution >= 4 is 27.0 Å². The van der Waals surface area contributed by atoms with Gasteiger partial charge < -0.3 is 14.0 Å². The molecule has 44 heavy (non-hydrogen) atoms. The van der Waals surface area contributed by atoms with Gasteiger partial charge in [-0.25, -0.2) is 0 Å². The van der Waals surface area contributed by atoms with E-state index in [1.54, 1.807) is 6.08 Å². The summed E-state index contributed by atoms with van der Waals surface area (Å²) in [6, 6.07) is 21.1. The third kappa shape index (κ3) is 10.6. The van der Waals surface area contributed by atoms with Gasteiger partial charge in [-0.3, -0.25) is 0 Å². The summed E-state index contributed by atoms with van der Waals surface area (Å²) in [5, 5.41) is 13.5. The lowest BCUT2D eigenvalue weighted by atomic mass is 10.0. The highest BCUT2D eigenvalue weighted by atomic mass is 28.4. The molecule has 0 fully saturated rings. The topological polar surface area (TPSA) is 38.7 Å². The van der Waals surface area contributed by atoms with Crippen molar-refractivity contribution in [3.63, 3.8) is 0 Å². The Balaban J connectivity index is 2.26. The number of aliphatic hydroxyl groups excluding tert-OH is 1. The molecule has 5 heteroatoms. The summed E-state index contributed by atoms with van der Waals surface area (Å²) >= 11 is 0. The van der Waals surface area contributed by atoms with Gasteiger partial charge in [-0.15, -0.1) is 0 Å². The molecule has 0 amide bonds. The number of benzene rings is 2. The van der Waals surface area contributed by atoms with E-state index in [9.17, 15) is 5.11 Å². The molecule has 2 rings (SSSR count). The van der Waals surface area contributed by atoms with Crippen LogP contribution in [0.1, 0.15) is 93.4 Å². The van der Waals surface area contributed by atoms with Crippen LogP contribution in [0.15, 0.2) is 73.3 Å². The first-order valence-electron chi connectivity index (χ1n) is 16.4. The van der Waals surface area contributed by atoms with E-state index in [1.165, 1.54) is 36.1 Å². The highest BCUT2D eigenvalue weighted by Gasteiger charge is 2.51. The third-order valence-electron chi connectivity index (χ3n) is 8.88. The molecule has 0 aliphatic heterocycles. The summed E-state index contributed by atoms with van der Waals surface area (Å²) in [7, 11) is -4.80. The number of unbranched alkanes of at least 4 members (excludes halogenated alkanes) is 4. The normalized spacial score (nSPS) is 14.4. The molecule has 0 aromatic heterocycles. The zero-order chi connectivity index (χ0) is 32.9. The minimum absolute atomic E-state index is 0.0785. The van der Waals surface area contributed by atoms with Crippen LogP contribution in [0.4, 0.5) is 0 Å². The van der Waals surface area contributed by atoms with Gasteiger partial charge in [0.05, 0.1) is 12.2 Å². The van der Waals surface area contributed by atoms with E-state index in [4.69, 9.17) is 8.85 Å². The molecule has 2 aromatic rings. The Kier molecular flexibility index (Phi) is 14.9. The average Bonchev–Trinajstić information content (AvgIpc) is 2.97. The van der Waals surface area contributed by atoms with Gasteiger partial charge >= 0.3 is 0 Å². The lowest BCUT2D eigenvalue weighted by Gasteiger charge is -2.44. The van der Waals surface area contributed by atoms with E-state index in [0.29, 0.717) is 6.42 Å². The van der Waals surface area contributed by atoms with Gasteiger partial charge in [0.15, 0.2) is 8.32 Å². The summed E-state index contributed by atoms with van der Waals surface area (Å²) in [6.07, 6.45) is 7.55. The van der Waals surface area contributed by atoms with E-state index in [-0.39, 0.29) is 16.2 Å². The van der Waals surface area contributed by atoms with Crippen LogP contribution in [0.3, 0.4) is 0 Å². The van der Waals surface area contributed by atoms with Gasteiger partial charge in [0.25, 0.3) is 8.32 Å². The average molecular weight is 631 g/mol. The second-order valence-electron chi connectivity index (χ2n) is 14.4. The van der Waals surface area contributed by atoms with E-state index in [1.807, 2.05) is 12.1 Å². The summed E-state index contributed by atoms with van der Waals surface area (Å²) in [5.74, 6) is 12.3. The van der Waals surface area contributed by atoms with Gasteiger partial charge in [0.1, 0.15) is 6.10 Å². The Morgan fingerprint density at radius 2 is 1.34 bits per heavy atom. The Morgan fingerprint density at radius 1 is 0.795 bits per heavy atom. The molecule has 0 saturated carbocycles. The van der Waals surface area contributed by atoms with E-state index >= 15 is 0 Å². The van der Waals surface area contributed by atoms with Crippen LogP contribution in [-0.2, 0) is 8.85 Å². The predicted octanol–water partition coefficient (Wildman–Crippen LogP) is 8.63. The van der Waals surface area contributed by atoms with Crippen LogP contribution in [0, 0.1) is 23.7 Å². The standard InChI is InChI=1S/C39H58O3Si2/c1-11-13-14-15-25-32-37(42-43(9,10)38(3,4)5)36(40)31-24-16-19-26-33(12-2)41-44(39(6,7)8,34-27-20-17-21-28-34)35-29-22-18-23-30-35/h12,17-18,20-23,27-30,33,36-37,40H,2,11,13-15,25,31-32H2,1,3-10H3/t33-,36-,37-/m1/s1. The molecule has 0 aliphatic rings. The van der Waals surface area contributed by atoms with Crippen molar-refractivity contribution in [1.29, 1.82) is 0 Å². The molecule has 2 aromatic carbocycles. The molecule has 0 heterocycles. The maximum Gasteiger partial charge on any atom is 0.263 e. The Labute approximate surface area is 272 Å². The van der Waals surface area contributed by atoms with E-state index in [0.717, 1.165) is 12.8 Å². The first-order chi connectivity index (χ1) is 20.7. The lowest BCUT2D eigenvalue weighted by molar-refractivity contribution is 0.0243. The van der Waals surface area contributed by atoms with Crippen molar-refractivity contribution in [1.82, 2.24) is 0 Å². The van der Waals surface area contributed by atoms with Crippen LogP contribution in [0.2, 0.25) is 23.2 Å². The van der Waals surface area contributed by atoms with Crippen LogP contribution >= 0.6 is 0 Å². The zero-order valence-electron chi connectivity index (χ0n) is 29.0. The fraction of sp³-hybridized carbons (Fsp3) is 0.538. The molecule has 240 valence electrons. The van der Waals surface area contributed by atoms with Crippen molar-refractivity contribution in [2.75, 3.05) is 0 Å². The molecule has 0 saturated heterocycles. The van der Waals surface area contributed by atoms with Crippen LogP contribution in [0.25, 0.3) is 0 Å². The van der Waals surface area contributed by atoms with Crippen molar-refractivity contribution in [3.8, 4) is 23.7 Å². The number of hydrogen-bond donors (Lipinski definition) is 1. The van der Waals surface area contributed by atoms with Gasteiger partial charge in [-0.1, -0.05) is 166 Å². The molecule has 0 bridgehead atoms. The summed E-state index contributed by atoms with van der Waals surface area (Å²) < 4.78 is 13.8. The van der Waals surface area contributed by atoms with Gasteiger partial charge in [-0.05, 0) is 51.8 Å². The monoisotopic (exact) mass is 630 g/mol. The van der Waals surface area contributed by atoms with Crippen LogP contribution in [-0.4, -0.2) is 40.1 Å². The first-order valence-corrected chi connectivity index (χ1v) is 21.3. The number of hydrogen-bond acceptors (Lipinski definition) is 3. The van der Waals surface area contributed by atoms with E-state index < -0.39 is 28.8 Å². The lowest BCUT2D eigenvalue weighted by Crippen LogP contribution is -2.67. The highest BCUT2D eigenvalue weighted by Crippen LogP contribution is 2.39. The number of aliphatic hydroxyl groups is 1. The maximum atomic E-state index is 11.2. The Morgan fingerprint density at radius 3 is 1.82 bits per heavy atom.